The van der Waals surface area contributed by atoms with Gasteiger partial charge in [-0.25, -0.2) is 0 Å². The van der Waals surface area contributed by atoms with Gasteiger partial charge >= 0.3 is 0 Å². The van der Waals surface area contributed by atoms with Crippen LogP contribution in [0.25, 0.3) is 0 Å². The van der Waals surface area contributed by atoms with Gasteiger partial charge < -0.3 is 4.42 Å². The van der Waals surface area contributed by atoms with Gasteiger partial charge in [-0.15, -0.1) is 0 Å². The molecule has 0 aliphatic rings. The van der Waals surface area contributed by atoms with Crippen molar-refractivity contribution in [2.24, 2.45) is 0 Å². The van der Waals surface area contributed by atoms with E-state index in [2.05, 4.69) is 74.5 Å². The second kappa shape index (κ2) is 9.21. The largest absolute Gasteiger partial charge is 0.464 e. The monoisotopic (exact) mass is 368 g/mol. The van der Waals surface area contributed by atoms with Crippen LogP contribution in [0, 0.1) is 0 Å². The van der Waals surface area contributed by atoms with Gasteiger partial charge in [-0.2, -0.15) is 0 Å². The SMILES string of the molecule is CCCCc1oc(CC)c(Sc2ccccc2)c1Sc1ccccc1. The molecule has 0 aliphatic carbocycles. The molecule has 0 amide bonds. The van der Waals surface area contributed by atoms with E-state index in [0.29, 0.717) is 0 Å². The van der Waals surface area contributed by atoms with E-state index in [9.17, 15) is 0 Å². The fraction of sp³-hybridized carbons (Fsp3) is 0.273. The Morgan fingerprint density at radius 3 is 1.72 bits per heavy atom. The van der Waals surface area contributed by atoms with Crippen LogP contribution in [0.3, 0.4) is 0 Å². The third-order valence-electron chi connectivity index (χ3n) is 3.96. The first kappa shape index (κ1) is 18.2. The van der Waals surface area contributed by atoms with Crippen molar-refractivity contribution >= 4 is 23.5 Å². The van der Waals surface area contributed by atoms with E-state index in [1.54, 1.807) is 0 Å². The maximum absolute atomic E-state index is 6.30. The molecule has 130 valence electrons. The maximum Gasteiger partial charge on any atom is 0.119 e. The predicted molar refractivity (Wildman–Crippen MR) is 108 cm³/mol. The average molecular weight is 369 g/mol. The van der Waals surface area contributed by atoms with Crippen molar-refractivity contribution in [3.05, 3.63) is 72.2 Å². The summed E-state index contributed by atoms with van der Waals surface area (Å²) >= 11 is 3.66. The van der Waals surface area contributed by atoms with Crippen molar-refractivity contribution < 1.29 is 4.42 Å². The number of hydrogen-bond acceptors (Lipinski definition) is 3. The Morgan fingerprint density at radius 2 is 1.24 bits per heavy atom. The molecule has 0 bridgehead atoms. The molecule has 3 rings (SSSR count). The van der Waals surface area contributed by atoms with Crippen molar-refractivity contribution in [3.8, 4) is 0 Å². The molecule has 0 spiro atoms. The van der Waals surface area contributed by atoms with Crippen molar-refractivity contribution in [1.82, 2.24) is 0 Å². The first-order valence-corrected chi connectivity index (χ1v) is 10.6. The molecule has 0 radical (unpaired) electrons. The molecule has 0 fully saturated rings. The van der Waals surface area contributed by atoms with Gasteiger partial charge in [0.1, 0.15) is 11.5 Å². The van der Waals surface area contributed by atoms with E-state index in [1.165, 1.54) is 26.0 Å². The van der Waals surface area contributed by atoms with Crippen LogP contribution in [0.4, 0.5) is 0 Å². The van der Waals surface area contributed by atoms with Crippen LogP contribution in [0.2, 0.25) is 0 Å². The zero-order valence-corrected chi connectivity index (χ0v) is 16.5. The molecule has 0 unspecified atom stereocenters. The summed E-state index contributed by atoms with van der Waals surface area (Å²) in [5.41, 5.74) is 0. The van der Waals surface area contributed by atoms with Crippen LogP contribution in [-0.2, 0) is 12.8 Å². The highest BCUT2D eigenvalue weighted by Crippen LogP contribution is 2.45. The third-order valence-corrected chi connectivity index (χ3v) is 6.38. The standard InChI is InChI=1S/C22H24OS2/c1-3-5-16-20-22(25-18-14-10-7-11-15-18)21(19(4-2)23-20)24-17-12-8-6-9-13-17/h6-15H,3-5,16H2,1-2H3. The van der Waals surface area contributed by atoms with Crippen LogP contribution >= 0.6 is 23.5 Å². The molecule has 1 aromatic heterocycles. The van der Waals surface area contributed by atoms with Gasteiger partial charge in [0.25, 0.3) is 0 Å². The zero-order chi connectivity index (χ0) is 17.5. The summed E-state index contributed by atoms with van der Waals surface area (Å²) in [5.74, 6) is 2.25. The number of unbranched alkanes of at least 4 members (excludes halogenated alkanes) is 1. The quantitative estimate of drug-likeness (QED) is 0.409. The smallest absolute Gasteiger partial charge is 0.119 e. The summed E-state index contributed by atoms with van der Waals surface area (Å²) in [6.45, 7) is 4.40. The lowest BCUT2D eigenvalue weighted by atomic mass is 10.2. The van der Waals surface area contributed by atoms with Crippen LogP contribution in [0.1, 0.15) is 38.2 Å². The highest BCUT2D eigenvalue weighted by atomic mass is 32.2. The Hall–Kier alpha value is -1.58. The Bertz CT molecular complexity index is 779. The molecule has 0 saturated carbocycles. The number of rotatable bonds is 8. The topological polar surface area (TPSA) is 13.1 Å². The van der Waals surface area contributed by atoms with E-state index in [1.807, 2.05) is 23.5 Å². The minimum absolute atomic E-state index is 0.920. The molecule has 25 heavy (non-hydrogen) atoms. The van der Waals surface area contributed by atoms with Gasteiger partial charge in [-0.05, 0) is 30.7 Å². The van der Waals surface area contributed by atoms with Gasteiger partial charge in [0.2, 0.25) is 0 Å². The summed E-state index contributed by atoms with van der Waals surface area (Å²) in [6, 6.07) is 21.2. The maximum atomic E-state index is 6.30. The summed E-state index contributed by atoms with van der Waals surface area (Å²) in [6.07, 6.45) is 4.27. The molecule has 0 N–H and O–H groups in total. The van der Waals surface area contributed by atoms with E-state index < -0.39 is 0 Å². The number of aryl methyl sites for hydroxylation is 2. The van der Waals surface area contributed by atoms with Gasteiger partial charge in [0.05, 0.1) is 9.79 Å². The van der Waals surface area contributed by atoms with Gasteiger partial charge in [0.15, 0.2) is 0 Å². The number of benzene rings is 2. The van der Waals surface area contributed by atoms with E-state index >= 15 is 0 Å². The Balaban J connectivity index is 1.99. The molecular formula is C22H24OS2. The zero-order valence-electron chi connectivity index (χ0n) is 14.8. The predicted octanol–water partition coefficient (Wildman–Crippen LogP) is 7.49. The fourth-order valence-corrected chi connectivity index (χ4v) is 4.93. The average Bonchev–Trinajstić information content (AvgIpc) is 2.98. The number of hydrogen-bond donors (Lipinski definition) is 0. The summed E-state index contributed by atoms with van der Waals surface area (Å²) in [7, 11) is 0. The highest BCUT2D eigenvalue weighted by molar-refractivity contribution is 8.02. The van der Waals surface area contributed by atoms with Gasteiger partial charge in [-0.1, -0.05) is 80.2 Å². The molecule has 0 saturated heterocycles. The van der Waals surface area contributed by atoms with Crippen molar-refractivity contribution in [2.45, 2.75) is 59.1 Å². The van der Waals surface area contributed by atoms with Crippen LogP contribution in [0.15, 0.2) is 84.7 Å². The lowest BCUT2D eigenvalue weighted by Crippen LogP contribution is -1.85. The summed E-state index contributed by atoms with van der Waals surface area (Å²) < 4.78 is 6.30. The highest BCUT2D eigenvalue weighted by Gasteiger charge is 2.21. The fourth-order valence-electron chi connectivity index (χ4n) is 2.65. The molecule has 0 atom stereocenters. The first-order chi connectivity index (χ1) is 12.3. The van der Waals surface area contributed by atoms with E-state index in [4.69, 9.17) is 4.42 Å². The van der Waals surface area contributed by atoms with Gasteiger partial charge in [0, 0.05) is 22.6 Å². The molecule has 1 nitrogen and oxygen atoms in total. The molecule has 3 heteroatoms. The van der Waals surface area contributed by atoms with E-state index in [-0.39, 0.29) is 0 Å². The van der Waals surface area contributed by atoms with Crippen LogP contribution in [0.5, 0.6) is 0 Å². The second-order valence-electron chi connectivity index (χ2n) is 5.89. The lowest BCUT2D eigenvalue weighted by Gasteiger charge is -2.07. The van der Waals surface area contributed by atoms with Crippen molar-refractivity contribution in [1.29, 1.82) is 0 Å². The van der Waals surface area contributed by atoms with Crippen molar-refractivity contribution in [3.63, 3.8) is 0 Å². The van der Waals surface area contributed by atoms with E-state index in [0.717, 1.165) is 30.8 Å². The molecule has 2 aromatic carbocycles. The molecule has 0 aliphatic heterocycles. The van der Waals surface area contributed by atoms with Crippen LogP contribution in [-0.4, -0.2) is 0 Å². The second-order valence-corrected chi connectivity index (χ2v) is 8.06. The van der Waals surface area contributed by atoms with Crippen LogP contribution < -0.4 is 0 Å². The summed E-state index contributed by atoms with van der Waals surface area (Å²) in [5, 5.41) is 0. The first-order valence-electron chi connectivity index (χ1n) is 8.92. The third kappa shape index (κ3) is 4.74. The summed E-state index contributed by atoms with van der Waals surface area (Å²) in [4.78, 5) is 5.10. The van der Waals surface area contributed by atoms with Crippen molar-refractivity contribution in [2.75, 3.05) is 0 Å². The minimum atomic E-state index is 0.920. The van der Waals surface area contributed by atoms with Gasteiger partial charge in [-0.3, -0.25) is 0 Å². The lowest BCUT2D eigenvalue weighted by molar-refractivity contribution is 0.453. The normalized spacial score (nSPS) is 11.0. The minimum Gasteiger partial charge on any atom is -0.464 e. The molecule has 1 heterocycles. The Kier molecular flexibility index (Phi) is 6.71. The molecule has 3 aromatic rings. The molecular weight excluding hydrogens is 344 g/mol. The number of furan rings is 1. The Labute approximate surface area is 159 Å². The Morgan fingerprint density at radius 1 is 0.720 bits per heavy atom.